The molecule has 1 aliphatic heterocycles. The maximum absolute atomic E-state index is 5.96. The Kier molecular flexibility index (Phi) is 3.74. The molecule has 2 aliphatic rings. The monoisotopic (exact) mass is 291 g/mol. The molecular formula is C17H25NO3. The summed E-state index contributed by atoms with van der Waals surface area (Å²) < 4.78 is 16.6. The summed E-state index contributed by atoms with van der Waals surface area (Å²) in [6.07, 6.45) is 2.79. The highest BCUT2D eigenvalue weighted by molar-refractivity contribution is 5.55. The predicted molar refractivity (Wildman–Crippen MR) is 83.2 cm³/mol. The first-order valence-corrected chi connectivity index (χ1v) is 7.67. The Bertz CT molecular complexity index is 493. The Morgan fingerprint density at radius 1 is 1.14 bits per heavy atom. The Balaban J connectivity index is 1.80. The summed E-state index contributed by atoms with van der Waals surface area (Å²) in [5.74, 6) is 2.22. The average Bonchev–Trinajstić information content (AvgIpc) is 2.52. The van der Waals surface area contributed by atoms with E-state index in [1.54, 1.807) is 14.2 Å². The Hall–Kier alpha value is -1.42. The molecule has 0 radical (unpaired) electrons. The molecular weight excluding hydrogens is 266 g/mol. The fourth-order valence-corrected chi connectivity index (χ4v) is 3.89. The normalized spacial score (nSPS) is 30.0. The zero-order chi connectivity index (χ0) is 15.0. The van der Waals surface area contributed by atoms with Gasteiger partial charge >= 0.3 is 0 Å². The van der Waals surface area contributed by atoms with Gasteiger partial charge in [0, 0.05) is 47.9 Å². The predicted octanol–water partition coefficient (Wildman–Crippen LogP) is 3.32. The van der Waals surface area contributed by atoms with Gasteiger partial charge in [0.05, 0.1) is 20.3 Å². The molecule has 1 saturated carbocycles. The van der Waals surface area contributed by atoms with Crippen molar-refractivity contribution in [1.82, 2.24) is 0 Å². The highest BCUT2D eigenvalue weighted by atomic mass is 16.5. The van der Waals surface area contributed by atoms with Crippen LogP contribution in [0.2, 0.25) is 0 Å². The van der Waals surface area contributed by atoms with Crippen molar-refractivity contribution in [3.63, 3.8) is 0 Å². The van der Waals surface area contributed by atoms with Crippen LogP contribution >= 0.6 is 0 Å². The summed E-state index contributed by atoms with van der Waals surface area (Å²) in [5.41, 5.74) is 1.20. The van der Waals surface area contributed by atoms with Crippen molar-refractivity contribution >= 4 is 5.69 Å². The lowest BCUT2D eigenvalue weighted by atomic mass is 9.55. The standard InChI is InChI=1S/C17H25NO3/c1-17(2)15(14-6-5-7-21-16(14)17)18-11-8-12(19-3)10-13(9-11)20-4/h8-10,14-16,18H,5-7H2,1-4H3. The minimum atomic E-state index is 0.154. The van der Waals surface area contributed by atoms with E-state index in [0.717, 1.165) is 30.2 Å². The van der Waals surface area contributed by atoms with Gasteiger partial charge in [0.15, 0.2) is 0 Å². The molecule has 1 saturated heterocycles. The Labute approximate surface area is 126 Å². The second-order valence-corrected chi connectivity index (χ2v) is 6.64. The second kappa shape index (κ2) is 5.41. The maximum atomic E-state index is 5.96. The number of ether oxygens (including phenoxy) is 3. The molecule has 1 heterocycles. The van der Waals surface area contributed by atoms with Gasteiger partial charge in [-0.25, -0.2) is 0 Å². The molecule has 1 aromatic rings. The number of hydrogen-bond acceptors (Lipinski definition) is 4. The molecule has 3 atom stereocenters. The van der Waals surface area contributed by atoms with Gasteiger partial charge in [-0.2, -0.15) is 0 Å². The third-order valence-corrected chi connectivity index (χ3v) is 5.00. The lowest BCUT2D eigenvalue weighted by Gasteiger charge is -2.60. The van der Waals surface area contributed by atoms with Crippen LogP contribution in [0.3, 0.4) is 0 Å². The smallest absolute Gasteiger partial charge is 0.124 e. The third-order valence-electron chi connectivity index (χ3n) is 5.00. The minimum absolute atomic E-state index is 0.154. The van der Waals surface area contributed by atoms with Crippen LogP contribution in [0.1, 0.15) is 26.7 Å². The van der Waals surface area contributed by atoms with Crippen LogP contribution in [0.25, 0.3) is 0 Å². The van der Waals surface area contributed by atoms with Crippen molar-refractivity contribution < 1.29 is 14.2 Å². The first-order valence-electron chi connectivity index (χ1n) is 7.67. The summed E-state index contributed by atoms with van der Waals surface area (Å²) >= 11 is 0. The maximum Gasteiger partial charge on any atom is 0.124 e. The van der Waals surface area contributed by atoms with E-state index >= 15 is 0 Å². The molecule has 0 amide bonds. The van der Waals surface area contributed by atoms with Crippen molar-refractivity contribution in [3.8, 4) is 11.5 Å². The number of hydrogen-bond donors (Lipinski definition) is 1. The number of rotatable bonds is 4. The van der Waals surface area contributed by atoms with Crippen LogP contribution in [-0.4, -0.2) is 33.0 Å². The van der Waals surface area contributed by atoms with Crippen LogP contribution in [0.4, 0.5) is 5.69 Å². The lowest BCUT2D eigenvalue weighted by molar-refractivity contribution is -0.177. The molecule has 1 aromatic carbocycles. The second-order valence-electron chi connectivity index (χ2n) is 6.64. The van der Waals surface area contributed by atoms with Crippen molar-refractivity contribution in [2.75, 3.05) is 26.1 Å². The van der Waals surface area contributed by atoms with Crippen LogP contribution < -0.4 is 14.8 Å². The highest BCUT2D eigenvalue weighted by Gasteiger charge is 2.57. The molecule has 1 N–H and O–H groups in total. The number of anilines is 1. The van der Waals surface area contributed by atoms with Gasteiger partial charge in [0.1, 0.15) is 11.5 Å². The largest absolute Gasteiger partial charge is 0.497 e. The van der Waals surface area contributed by atoms with Gasteiger partial charge < -0.3 is 19.5 Å². The summed E-state index contributed by atoms with van der Waals surface area (Å²) in [7, 11) is 3.35. The molecule has 0 bridgehead atoms. The van der Waals surface area contributed by atoms with E-state index in [-0.39, 0.29) is 5.41 Å². The quantitative estimate of drug-likeness (QED) is 0.924. The summed E-state index contributed by atoms with van der Waals surface area (Å²) in [6, 6.07) is 6.37. The molecule has 0 aromatic heterocycles. The molecule has 0 spiro atoms. The number of methoxy groups -OCH3 is 2. The third kappa shape index (κ3) is 2.46. The van der Waals surface area contributed by atoms with E-state index < -0.39 is 0 Å². The topological polar surface area (TPSA) is 39.7 Å². The van der Waals surface area contributed by atoms with Crippen LogP contribution in [0.5, 0.6) is 11.5 Å². The van der Waals surface area contributed by atoms with Crippen molar-refractivity contribution in [2.45, 2.75) is 38.8 Å². The van der Waals surface area contributed by atoms with Crippen LogP contribution in [-0.2, 0) is 4.74 Å². The van der Waals surface area contributed by atoms with E-state index in [1.165, 1.54) is 6.42 Å². The fourth-order valence-electron chi connectivity index (χ4n) is 3.89. The summed E-state index contributed by atoms with van der Waals surface area (Å²) in [6.45, 7) is 5.48. The van der Waals surface area contributed by atoms with Gasteiger partial charge in [0.25, 0.3) is 0 Å². The fraction of sp³-hybridized carbons (Fsp3) is 0.647. The highest BCUT2D eigenvalue weighted by Crippen LogP contribution is 2.52. The Morgan fingerprint density at radius 2 is 1.81 bits per heavy atom. The van der Waals surface area contributed by atoms with Gasteiger partial charge in [-0.15, -0.1) is 0 Å². The molecule has 21 heavy (non-hydrogen) atoms. The van der Waals surface area contributed by atoms with E-state index in [0.29, 0.717) is 18.1 Å². The molecule has 3 rings (SSSR count). The van der Waals surface area contributed by atoms with Crippen molar-refractivity contribution in [1.29, 1.82) is 0 Å². The van der Waals surface area contributed by atoms with E-state index in [2.05, 4.69) is 19.2 Å². The lowest BCUT2D eigenvalue weighted by Crippen LogP contribution is -2.67. The van der Waals surface area contributed by atoms with Crippen molar-refractivity contribution in [3.05, 3.63) is 18.2 Å². The van der Waals surface area contributed by atoms with Gasteiger partial charge in [-0.3, -0.25) is 0 Å². The molecule has 1 aliphatic carbocycles. The van der Waals surface area contributed by atoms with Gasteiger partial charge in [-0.05, 0) is 12.8 Å². The zero-order valence-corrected chi connectivity index (χ0v) is 13.3. The van der Waals surface area contributed by atoms with Crippen LogP contribution in [0.15, 0.2) is 18.2 Å². The Morgan fingerprint density at radius 3 is 2.43 bits per heavy atom. The van der Waals surface area contributed by atoms with E-state index in [1.807, 2.05) is 18.2 Å². The number of benzene rings is 1. The summed E-state index contributed by atoms with van der Waals surface area (Å²) in [5, 5.41) is 3.68. The number of fused-ring (bicyclic) bond motifs is 1. The summed E-state index contributed by atoms with van der Waals surface area (Å²) in [4.78, 5) is 0. The van der Waals surface area contributed by atoms with Gasteiger partial charge in [0.2, 0.25) is 0 Å². The average molecular weight is 291 g/mol. The SMILES string of the molecule is COc1cc(NC2C3CCCOC3C2(C)C)cc(OC)c1. The number of nitrogens with one attached hydrogen (secondary N) is 1. The van der Waals surface area contributed by atoms with E-state index in [9.17, 15) is 0 Å². The molecule has 116 valence electrons. The van der Waals surface area contributed by atoms with E-state index in [4.69, 9.17) is 14.2 Å². The first kappa shape index (κ1) is 14.5. The van der Waals surface area contributed by atoms with Gasteiger partial charge in [-0.1, -0.05) is 13.8 Å². The zero-order valence-electron chi connectivity index (χ0n) is 13.3. The minimum Gasteiger partial charge on any atom is -0.497 e. The molecule has 3 unspecified atom stereocenters. The molecule has 2 fully saturated rings. The van der Waals surface area contributed by atoms with Crippen molar-refractivity contribution in [2.24, 2.45) is 11.3 Å². The molecule has 4 heteroatoms. The van der Waals surface area contributed by atoms with Crippen LogP contribution in [0, 0.1) is 11.3 Å². The molecule has 4 nitrogen and oxygen atoms in total. The first-order chi connectivity index (χ1) is 10.1.